The van der Waals surface area contributed by atoms with Crippen molar-refractivity contribution in [1.82, 2.24) is 4.90 Å². The highest BCUT2D eigenvalue weighted by atomic mass is 32.2. The lowest BCUT2D eigenvalue weighted by Gasteiger charge is -2.37. The van der Waals surface area contributed by atoms with E-state index in [4.69, 9.17) is 4.74 Å². The van der Waals surface area contributed by atoms with E-state index in [1.807, 2.05) is 11.8 Å². The van der Waals surface area contributed by atoms with Crippen molar-refractivity contribution in [1.29, 1.82) is 0 Å². The number of rotatable bonds is 5. The molecule has 0 amide bonds. The van der Waals surface area contributed by atoms with E-state index in [0.717, 1.165) is 32.2 Å². The van der Waals surface area contributed by atoms with Crippen LogP contribution in [0.15, 0.2) is 0 Å². The van der Waals surface area contributed by atoms with Crippen LogP contribution in [0.4, 0.5) is 0 Å². The fourth-order valence-electron chi connectivity index (χ4n) is 2.10. The van der Waals surface area contributed by atoms with E-state index in [2.05, 4.69) is 31.9 Å². The van der Waals surface area contributed by atoms with Gasteiger partial charge in [-0.05, 0) is 12.2 Å². The maximum atomic E-state index is 5.38. The maximum Gasteiger partial charge on any atom is 0.0594 e. The zero-order chi connectivity index (χ0) is 11.3. The summed E-state index contributed by atoms with van der Waals surface area (Å²) in [5.41, 5.74) is 0. The molecule has 1 fully saturated rings. The van der Waals surface area contributed by atoms with Crippen LogP contribution >= 0.6 is 11.8 Å². The molecule has 0 bridgehead atoms. The molecule has 0 N–H and O–H groups in total. The minimum Gasteiger partial charge on any atom is -0.379 e. The normalized spacial score (nSPS) is 21.6. The minimum atomic E-state index is 0.396. The molecule has 0 aromatic heterocycles. The van der Waals surface area contributed by atoms with Gasteiger partial charge in [-0.3, -0.25) is 4.90 Å². The van der Waals surface area contributed by atoms with Crippen molar-refractivity contribution in [2.75, 3.05) is 39.1 Å². The van der Waals surface area contributed by atoms with Crippen molar-refractivity contribution in [2.45, 2.75) is 31.9 Å². The molecule has 1 rings (SSSR count). The van der Waals surface area contributed by atoms with E-state index in [0.29, 0.717) is 4.75 Å². The molecule has 0 aliphatic carbocycles. The summed E-state index contributed by atoms with van der Waals surface area (Å²) in [5.74, 6) is 0.783. The molecule has 1 unspecified atom stereocenters. The zero-order valence-corrected chi connectivity index (χ0v) is 11.4. The molecule has 1 aliphatic rings. The van der Waals surface area contributed by atoms with E-state index < -0.39 is 0 Å². The third-order valence-corrected chi connectivity index (χ3v) is 4.97. The van der Waals surface area contributed by atoms with Crippen molar-refractivity contribution >= 4 is 11.8 Å². The van der Waals surface area contributed by atoms with Gasteiger partial charge < -0.3 is 4.74 Å². The summed E-state index contributed by atoms with van der Waals surface area (Å²) >= 11 is 1.99. The van der Waals surface area contributed by atoms with Crippen LogP contribution < -0.4 is 0 Å². The van der Waals surface area contributed by atoms with E-state index in [9.17, 15) is 0 Å². The third-order valence-electron chi connectivity index (χ3n) is 3.58. The monoisotopic (exact) mass is 231 g/mol. The Morgan fingerprint density at radius 2 is 1.93 bits per heavy atom. The smallest absolute Gasteiger partial charge is 0.0594 e. The van der Waals surface area contributed by atoms with Gasteiger partial charge in [0, 0.05) is 24.4 Å². The highest BCUT2D eigenvalue weighted by Gasteiger charge is 2.29. The zero-order valence-electron chi connectivity index (χ0n) is 10.6. The molecule has 1 atom stereocenters. The van der Waals surface area contributed by atoms with Crippen LogP contribution in [0.3, 0.4) is 0 Å². The summed E-state index contributed by atoms with van der Waals surface area (Å²) in [4.78, 5) is 2.55. The summed E-state index contributed by atoms with van der Waals surface area (Å²) in [7, 11) is 0. The molecule has 2 nitrogen and oxygen atoms in total. The molecule has 0 aromatic carbocycles. The lowest BCUT2D eigenvalue weighted by Crippen LogP contribution is -2.43. The second kappa shape index (κ2) is 6.12. The first kappa shape index (κ1) is 13.3. The highest BCUT2D eigenvalue weighted by molar-refractivity contribution is 7.99. The Hall–Kier alpha value is 0.270. The Balaban J connectivity index is 2.44. The van der Waals surface area contributed by atoms with Gasteiger partial charge in [0.05, 0.1) is 13.2 Å². The van der Waals surface area contributed by atoms with Gasteiger partial charge in [0.25, 0.3) is 0 Å². The SMILES string of the molecule is CCC(CN1CCOCC1)C(C)(C)SC. The summed E-state index contributed by atoms with van der Waals surface area (Å²) in [6, 6.07) is 0. The molecule has 1 aliphatic heterocycles. The van der Waals surface area contributed by atoms with Crippen LogP contribution in [-0.4, -0.2) is 48.8 Å². The van der Waals surface area contributed by atoms with E-state index in [1.165, 1.54) is 13.0 Å². The van der Waals surface area contributed by atoms with E-state index in [1.54, 1.807) is 0 Å². The van der Waals surface area contributed by atoms with Gasteiger partial charge in [-0.1, -0.05) is 27.2 Å². The third kappa shape index (κ3) is 3.97. The van der Waals surface area contributed by atoms with Crippen LogP contribution in [0.1, 0.15) is 27.2 Å². The first-order chi connectivity index (χ1) is 7.10. The van der Waals surface area contributed by atoms with Crippen LogP contribution in [-0.2, 0) is 4.74 Å². The largest absolute Gasteiger partial charge is 0.379 e. The van der Waals surface area contributed by atoms with Gasteiger partial charge in [-0.15, -0.1) is 0 Å². The highest BCUT2D eigenvalue weighted by Crippen LogP contribution is 2.33. The molecule has 0 aromatic rings. The number of hydrogen-bond acceptors (Lipinski definition) is 3. The molecule has 90 valence electrons. The summed E-state index contributed by atoms with van der Waals surface area (Å²) in [6.07, 6.45) is 3.49. The van der Waals surface area contributed by atoms with Gasteiger partial charge in [-0.2, -0.15) is 11.8 Å². The Morgan fingerprint density at radius 1 is 1.33 bits per heavy atom. The fraction of sp³-hybridized carbons (Fsp3) is 1.00. The summed E-state index contributed by atoms with van der Waals surface area (Å²) in [5, 5.41) is 0. The van der Waals surface area contributed by atoms with Crippen molar-refractivity contribution < 1.29 is 4.74 Å². The van der Waals surface area contributed by atoms with Crippen LogP contribution in [0.2, 0.25) is 0 Å². The van der Waals surface area contributed by atoms with Crippen molar-refractivity contribution in [3.63, 3.8) is 0 Å². The second-order valence-corrected chi connectivity index (χ2v) is 6.29. The predicted molar refractivity (Wildman–Crippen MR) is 68.6 cm³/mol. The first-order valence-electron chi connectivity index (χ1n) is 5.95. The lowest BCUT2D eigenvalue weighted by atomic mass is 9.91. The Labute approximate surface area is 98.7 Å². The van der Waals surface area contributed by atoms with Gasteiger partial charge in [-0.25, -0.2) is 0 Å². The topological polar surface area (TPSA) is 12.5 Å². The second-order valence-electron chi connectivity index (χ2n) is 4.83. The summed E-state index contributed by atoms with van der Waals surface area (Å²) in [6.45, 7) is 12.3. The molecule has 1 saturated heterocycles. The maximum absolute atomic E-state index is 5.38. The van der Waals surface area contributed by atoms with Crippen LogP contribution in [0.5, 0.6) is 0 Å². The quantitative estimate of drug-likeness (QED) is 0.721. The van der Waals surface area contributed by atoms with Gasteiger partial charge in [0.1, 0.15) is 0 Å². The Bertz CT molecular complexity index is 178. The van der Waals surface area contributed by atoms with Crippen molar-refractivity contribution in [2.24, 2.45) is 5.92 Å². The Morgan fingerprint density at radius 3 is 2.40 bits per heavy atom. The number of nitrogens with zero attached hydrogens (tertiary/aromatic N) is 1. The van der Waals surface area contributed by atoms with E-state index >= 15 is 0 Å². The molecule has 1 heterocycles. The molecule has 0 saturated carbocycles. The molecule has 3 heteroatoms. The first-order valence-corrected chi connectivity index (χ1v) is 7.18. The van der Waals surface area contributed by atoms with Crippen LogP contribution in [0.25, 0.3) is 0 Å². The molecular formula is C12H25NOS. The lowest BCUT2D eigenvalue weighted by molar-refractivity contribution is 0.0282. The van der Waals surface area contributed by atoms with Crippen molar-refractivity contribution in [3.8, 4) is 0 Å². The predicted octanol–water partition coefficient (Wildman–Crippen LogP) is 2.49. The molecule has 15 heavy (non-hydrogen) atoms. The number of ether oxygens (including phenoxy) is 1. The molecular weight excluding hydrogens is 206 g/mol. The van der Waals surface area contributed by atoms with Gasteiger partial charge in [0.2, 0.25) is 0 Å². The standard InChI is InChI=1S/C12H25NOS/c1-5-11(12(2,3)15-4)10-13-6-8-14-9-7-13/h11H,5-10H2,1-4H3. The fourth-order valence-corrected chi connectivity index (χ4v) is 2.68. The summed E-state index contributed by atoms with van der Waals surface area (Å²) < 4.78 is 5.78. The average molecular weight is 231 g/mol. The van der Waals surface area contributed by atoms with Crippen molar-refractivity contribution in [3.05, 3.63) is 0 Å². The van der Waals surface area contributed by atoms with Crippen LogP contribution in [0, 0.1) is 5.92 Å². The average Bonchev–Trinajstić information content (AvgIpc) is 2.27. The number of morpholine rings is 1. The van der Waals surface area contributed by atoms with Gasteiger partial charge >= 0.3 is 0 Å². The Kier molecular flexibility index (Phi) is 5.44. The number of thioether (sulfide) groups is 1. The van der Waals surface area contributed by atoms with Gasteiger partial charge in [0.15, 0.2) is 0 Å². The molecule has 0 radical (unpaired) electrons. The minimum absolute atomic E-state index is 0.396. The number of hydrogen-bond donors (Lipinski definition) is 0. The molecule has 0 spiro atoms. The van der Waals surface area contributed by atoms with E-state index in [-0.39, 0.29) is 0 Å².